The van der Waals surface area contributed by atoms with Crippen molar-refractivity contribution >= 4 is 39.4 Å². The lowest BCUT2D eigenvalue weighted by atomic mass is 10.1. The van der Waals surface area contributed by atoms with E-state index in [1.165, 1.54) is 0 Å². The first kappa shape index (κ1) is 13.9. The second-order valence-corrected chi connectivity index (χ2v) is 5.29. The third-order valence-corrected chi connectivity index (χ3v) is 4.05. The Morgan fingerprint density at radius 1 is 1.29 bits per heavy atom. The standard InChI is InChI=1S/C16H16ClN3O/c1-3-20(4-2)16(21)10-5-6-13-11(9-10)14-12(17)7-8-18-15(14)19-13/h5-9H,3-4H2,1-2H3,(H,18,19). The first-order valence-corrected chi connectivity index (χ1v) is 7.38. The summed E-state index contributed by atoms with van der Waals surface area (Å²) in [6.45, 7) is 5.35. The van der Waals surface area contributed by atoms with E-state index in [0.29, 0.717) is 23.7 Å². The molecule has 3 aromatic rings. The summed E-state index contributed by atoms with van der Waals surface area (Å²) < 4.78 is 0. The Morgan fingerprint density at radius 3 is 2.76 bits per heavy atom. The van der Waals surface area contributed by atoms with E-state index in [9.17, 15) is 4.79 Å². The topological polar surface area (TPSA) is 49.0 Å². The first-order chi connectivity index (χ1) is 10.2. The van der Waals surface area contributed by atoms with Crippen LogP contribution in [0.5, 0.6) is 0 Å². The van der Waals surface area contributed by atoms with Gasteiger partial charge in [0.2, 0.25) is 0 Å². The lowest BCUT2D eigenvalue weighted by molar-refractivity contribution is 0.0773. The fourth-order valence-electron chi connectivity index (χ4n) is 2.60. The molecule has 0 spiro atoms. The minimum atomic E-state index is 0.0382. The van der Waals surface area contributed by atoms with Crippen molar-refractivity contribution in [1.82, 2.24) is 14.9 Å². The van der Waals surface area contributed by atoms with Gasteiger partial charge < -0.3 is 9.88 Å². The number of benzene rings is 1. The van der Waals surface area contributed by atoms with Crippen LogP contribution in [0.25, 0.3) is 21.9 Å². The Kier molecular flexibility index (Phi) is 3.55. The molecule has 1 N–H and O–H groups in total. The molecule has 0 bridgehead atoms. The van der Waals surface area contributed by atoms with Crippen molar-refractivity contribution in [3.05, 3.63) is 41.0 Å². The summed E-state index contributed by atoms with van der Waals surface area (Å²) in [7, 11) is 0. The van der Waals surface area contributed by atoms with Gasteiger partial charge in [0.1, 0.15) is 5.65 Å². The number of halogens is 1. The fourth-order valence-corrected chi connectivity index (χ4v) is 2.85. The van der Waals surface area contributed by atoms with Crippen LogP contribution in [-0.4, -0.2) is 33.9 Å². The van der Waals surface area contributed by atoms with E-state index in [1.54, 1.807) is 17.2 Å². The van der Waals surface area contributed by atoms with Crippen molar-refractivity contribution < 1.29 is 4.79 Å². The number of nitrogens with zero attached hydrogens (tertiary/aromatic N) is 2. The third-order valence-electron chi connectivity index (χ3n) is 3.74. The highest BCUT2D eigenvalue weighted by atomic mass is 35.5. The predicted octanol–water partition coefficient (Wildman–Crippen LogP) is 3.85. The molecule has 4 nitrogen and oxygen atoms in total. The summed E-state index contributed by atoms with van der Waals surface area (Å²) in [5.41, 5.74) is 2.35. The largest absolute Gasteiger partial charge is 0.339 e. The average molecular weight is 302 g/mol. The first-order valence-electron chi connectivity index (χ1n) is 7.01. The molecule has 0 atom stereocenters. The number of nitrogens with one attached hydrogen (secondary N) is 1. The Bertz CT molecular complexity index is 821. The minimum absolute atomic E-state index is 0.0382. The molecule has 21 heavy (non-hydrogen) atoms. The van der Waals surface area contributed by atoms with Gasteiger partial charge in [-0.05, 0) is 38.1 Å². The molecule has 1 amide bonds. The van der Waals surface area contributed by atoms with Crippen LogP contribution >= 0.6 is 11.6 Å². The predicted molar refractivity (Wildman–Crippen MR) is 85.9 cm³/mol. The maximum Gasteiger partial charge on any atom is 0.253 e. The van der Waals surface area contributed by atoms with Crippen LogP contribution in [0.3, 0.4) is 0 Å². The van der Waals surface area contributed by atoms with Crippen LogP contribution in [-0.2, 0) is 0 Å². The second kappa shape index (κ2) is 5.37. The monoisotopic (exact) mass is 301 g/mol. The smallest absolute Gasteiger partial charge is 0.253 e. The van der Waals surface area contributed by atoms with Crippen LogP contribution in [0.1, 0.15) is 24.2 Å². The van der Waals surface area contributed by atoms with Crippen LogP contribution in [0.15, 0.2) is 30.5 Å². The van der Waals surface area contributed by atoms with Gasteiger partial charge in [0.25, 0.3) is 5.91 Å². The van der Waals surface area contributed by atoms with Gasteiger partial charge in [-0.2, -0.15) is 0 Å². The number of aromatic amines is 1. The molecule has 5 heteroatoms. The van der Waals surface area contributed by atoms with E-state index in [2.05, 4.69) is 9.97 Å². The van der Waals surface area contributed by atoms with Crippen molar-refractivity contribution in [3.8, 4) is 0 Å². The SMILES string of the molecule is CCN(CC)C(=O)c1ccc2[nH]c3nccc(Cl)c3c2c1. The molecule has 0 fully saturated rings. The Balaban J connectivity index is 2.19. The molecule has 0 saturated carbocycles. The number of pyridine rings is 1. The molecule has 1 aromatic carbocycles. The highest BCUT2D eigenvalue weighted by Gasteiger charge is 2.15. The highest BCUT2D eigenvalue weighted by molar-refractivity contribution is 6.37. The van der Waals surface area contributed by atoms with E-state index >= 15 is 0 Å². The molecule has 0 aliphatic heterocycles. The summed E-state index contributed by atoms with van der Waals surface area (Å²) >= 11 is 6.27. The third kappa shape index (κ3) is 2.25. The summed E-state index contributed by atoms with van der Waals surface area (Å²) in [6, 6.07) is 7.40. The Morgan fingerprint density at radius 2 is 2.05 bits per heavy atom. The van der Waals surface area contributed by atoms with E-state index in [4.69, 9.17) is 11.6 Å². The lowest BCUT2D eigenvalue weighted by Gasteiger charge is -2.18. The molecule has 0 saturated heterocycles. The normalized spacial score (nSPS) is 11.2. The van der Waals surface area contributed by atoms with Gasteiger partial charge in [0, 0.05) is 41.1 Å². The number of carbonyl (C=O) groups excluding carboxylic acids is 1. The molecule has 2 aromatic heterocycles. The number of rotatable bonds is 3. The Hall–Kier alpha value is -2.07. The zero-order valence-corrected chi connectivity index (χ0v) is 12.7. The van der Waals surface area contributed by atoms with Gasteiger partial charge in [0.05, 0.1) is 5.02 Å². The number of hydrogen-bond acceptors (Lipinski definition) is 2. The second-order valence-electron chi connectivity index (χ2n) is 4.88. The number of fused-ring (bicyclic) bond motifs is 3. The van der Waals surface area contributed by atoms with Crippen molar-refractivity contribution in [2.24, 2.45) is 0 Å². The summed E-state index contributed by atoms with van der Waals surface area (Å²) in [5.74, 6) is 0.0382. The summed E-state index contributed by atoms with van der Waals surface area (Å²) in [6.07, 6.45) is 1.67. The van der Waals surface area contributed by atoms with Crippen LogP contribution in [0, 0.1) is 0 Å². The molecular weight excluding hydrogens is 286 g/mol. The lowest BCUT2D eigenvalue weighted by Crippen LogP contribution is -2.30. The van der Waals surface area contributed by atoms with Gasteiger partial charge in [-0.15, -0.1) is 0 Å². The molecule has 3 rings (SSSR count). The number of H-pyrrole nitrogens is 1. The molecule has 0 aliphatic carbocycles. The number of amides is 1. The number of aromatic nitrogens is 2. The van der Waals surface area contributed by atoms with Gasteiger partial charge in [-0.25, -0.2) is 4.98 Å². The van der Waals surface area contributed by atoms with E-state index in [-0.39, 0.29) is 5.91 Å². The highest BCUT2D eigenvalue weighted by Crippen LogP contribution is 2.30. The molecule has 2 heterocycles. The van der Waals surface area contributed by atoms with Gasteiger partial charge in [-0.1, -0.05) is 11.6 Å². The quantitative estimate of drug-likeness (QED) is 0.799. The molecule has 0 aliphatic rings. The molecule has 108 valence electrons. The number of hydrogen-bond donors (Lipinski definition) is 1. The van der Waals surface area contributed by atoms with E-state index in [1.807, 2.05) is 32.0 Å². The minimum Gasteiger partial charge on any atom is -0.339 e. The molecule has 0 radical (unpaired) electrons. The van der Waals surface area contributed by atoms with Crippen molar-refractivity contribution in [2.45, 2.75) is 13.8 Å². The van der Waals surface area contributed by atoms with Crippen LogP contribution < -0.4 is 0 Å². The Labute approximate surface area is 127 Å². The van der Waals surface area contributed by atoms with E-state index < -0.39 is 0 Å². The summed E-state index contributed by atoms with van der Waals surface area (Å²) in [4.78, 5) is 21.8. The van der Waals surface area contributed by atoms with Crippen molar-refractivity contribution in [1.29, 1.82) is 0 Å². The number of carbonyl (C=O) groups is 1. The van der Waals surface area contributed by atoms with Crippen molar-refractivity contribution in [3.63, 3.8) is 0 Å². The summed E-state index contributed by atoms with van der Waals surface area (Å²) in [5, 5.41) is 2.43. The van der Waals surface area contributed by atoms with Crippen molar-refractivity contribution in [2.75, 3.05) is 13.1 Å². The molecule has 0 unspecified atom stereocenters. The van der Waals surface area contributed by atoms with E-state index in [0.717, 1.165) is 21.9 Å². The maximum atomic E-state index is 12.5. The van der Waals surface area contributed by atoms with Gasteiger partial charge in [0.15, 0.2) is 0 Å². The zero-order chi connectivity index (χ0) is 15.0. The maximum absolute atomic E-state index is 12.5. The van der Waals surface area contributed by atoms with Crippen LogP contribution in [0.4, 0.5) is 0 Å². The zero-order valence-electron chi connectivity index (χ0n) is 12.0. The van der Waals surface area contributed by atoms with Gasteiger partial charge in [-0.3, -0.25) is 4.79 Å². The van der Waals surface area contributed by atoms with Gasteiger partial charge >= 0.3 is 0 Å². The fraction of sp³-hybridized carbons (Fsp3) is 0.250. The van der Waals surface area contributed by atoms with Crippen LogP contribution in [0.2, 0.25) is 5.02 Å². The molecular formula is C16H16ClN3O. The average Bonchev–Trinajstić information content (AvgIpc) is 2.87.